The maximum Gasteiger partial charge on any atom is 0.166 e. The Bertz CT molecular complexity index is 411. The minimum atomic E-state index is -0.691. The first-order valence-corrected chi connectivity index (χ1v) is 5.64. The summed E-state index contributed by atoms with van der Waals surface area (Å²) in [7, 11) is 0. The second kappa shape index (κ2) is 4.65. The topological polar surface area (TPSA) is 69.1 Å². The molecule has 0 spiro atoms. The van der Waals surface area contributed by atoms with Gasteiger partial charge in [-0.15, -0.1) is 0 Å². The van der Waals surface area contributed by atoms with Gasteiger partial charge in [-0.25, -0.2) is 4.98 Å². The Morgan fingerprint density at radius 3 is 2.93 bits per heavy atom. The van der Waals surface area contributed by atoms with Gasteiger partial charge in [0.1, 0.15) is 0 Å². The second-order valence-corrected chi connectivity index (χ2v) is 4.22. The molecule has 0 bridgehead atoms. The number of hydrogen-bond donors (Lipinski definition) is 3. The summed E-state index contributed by atoms with van der Waals surface area (Å²) in [5, 5.41) is 18.6. The van der Waals surface area contributed by atoms with Crippen molar-refractivity contribution in [1.82, 2.24) is 9.97 Å². The Labute approximate surface area is 91.3 Å². The molecular weight excluding hydrogens is 212 g/mol. The lowest BCUT2D eigenvalue weighted by atomic mass is 10.3. The fourth-order valence-corrected chi connectivity index (χ4v) is 2.03. The van der Waals surface area contributed by atoms with E-state index in [0.717, 1.165) is 16.2 Å². The third kappa shape index (κ3) is 2.50. The monoisotopic (exact) mass is 224 g/mol. The van der Waals surface area contributed by atoms with E-state index in [2.05, 4.69) is 9.97 Å². The van der Waals surface area contributed by atoms with E-state index < -0.39 is 6.10 Å². The highest BCUT2D eigenvalue weighted by Gasteiger charge is 2.06. The lowest BCUT2D eigenvalue weighted by Gasteiger charge is -2.03. The van der Waals surface area contributed by atoms with Crippen LogP contribution in [0.15, 0.2) is 29.4 Å². The van der Waals surface area contributed by atoms with Crippen molar-refractivity contribution in [2.75, 3.05) is 12.4 Å². The number of nitrogens with one attached hydrogen (secondary N) is 1. The first-order valence-electron chi connectivity index (χ1n) is 4.66. The molecule has 0 aliphatic heterocycles. The lowest BCUT2D eigenvalue weighted by Crippen LogP contribution is -2.14. The van der Waals surface area contributed by atoms with Gasteiger partial charge in [-0.05, 0) is 12.1 Å². The van der Waals surface area contributed by atoms with Crippen molar-refractivity contribution in [3.05, 3.63) is 24.3 Å². The van der Waals surface area contributed by atoms with Gasteiger partial charge in [0.15, 0.2) is 5.16 Å². The summed E-state index contributed by atoms with van der Waals surface area (Å²) in [6.45, 7) is -0.215. The number of thioether (sulfide) groups is 1. The van der Waals surface area contributed by atoms with Crippen LogP contribution in [0.25, 0.3) is 11.0 Å². The first kappa shape index (κ1) is 10.5. The van der Waals surface area contributed by atoms with E-state index in [1.165, 1.54) is 11.8 Å². The molecule has 2 rings (SSSR count). The van der Waals surface area contributed by atoms with Gasteiger partial charge in [-0.1, -0.05) is 23.9 Å². The standard InChI is InChI=1S/C10H12N2O2S/c13-5-7(14)6-15-10-11-8-3-1-2-4-9(8)12-10/h1-4,7,13-14H,5-6H2,(H,11,12)/t7-/m1/s1. The molecule has 0 aliphatic rings. The number of fused-ring (bicyclic) bond motifs is 1. The molecule has 80 valence electrons. The summed E-state index contributed by atoms with van der Waals surface area (Å²) in [4.78, 5) is 7.47. The maximum absolute atomic E-state index is 9.18. The van der Waals surface area contributed by atoms with E-state index in [-0.39, 0.29) is 6.61 Å². The van der Waals surface area contributed by atoms with E-state index in [1.807, 2.05) is 24.3 Å². The number of nitrogens with zero attached hydrogens (tertiary/aromatic N) is 1. The number of aliphatic hydroxyl groups excluding tert-OH is 2. The predicted octanol–water partition coefficient (Wildman–Crippen LogP) is 1.01. The van der Waals surface area contributed by atoms with Crippen molar-refractivity contribution in [1.29, 1.82) is 0 Å². The third-order valence-electron chi connectivity index (χ3n) is 1.99. The number of para-hydroxylation sites is 2. The van der Waals surface area contributed by atoms with Crippen LogP contribution in [0.3, 0.4) is 0 Å². The average molecular weight is 224 g/mol. The van der Waals surface area contributed by atoms with Crippen LogP contribution in [0, 0.1) is 0 Å². The molecule has 3 N–H and O–H groups in total. The van der Waals surface area contributed by atoms with E-state index >= 15 is 0 Å². The Morgan fingerprint density at radius 2 is 2.20 bits per heavy atom. The SMILES string of the molecule is OC[C@@H](O)CSc1nc2ccccc2[nH]1. The zero-order valence-corrected chi connectivity index (χ0v) is 8.87. The molecule has 2 aromatic rings. The number of H-pyrrole nitrogens is 1. The average Bonchev–Trinajstić information content (AvgIpc) is 2.68. The second-order valence-electron chi connectivity index (χ2n) is 3.21. The summed E-state index contributed by atoms with van der Waals surface area (Å²) in [6.07, 6.45) is -0.691. The number of aromatic nitrogens is 2. The van der Waals surface area contributed by atoms with Crippen LogP contribution in [0.5, 0.6) is 0 Å². The van der Waals surface area contributed by atoms with Crippen LogP contribution in [0.1, 0.15) is 0 Å². The van der Waals surface area contributed by atoms with Gasteiger partial charge in [-0.3, -0.25) is 0 Å². The summed E-state index contributed by atoms with van der Waals surface area (Å²) in [6, 6.07) is 7.75. The van der Waals surface area contributed by atoms with Crippen LogP contribution in [-0.4, -0.2) is 38.6 Å². The zero-order valence-electron chi connectivity index (χ0n) is 8.05. The minimum absolute atomic E-state index is 0.215. The highest BCUT2D eigenvalue weighted by Crippen LogP contribution is 2.19. The van der Waals surface area contributed by atoms with Gasteiger partial charge in [0, 0.05) is 5.75 Å². The van der Waals surface area contributed by atoms with E-state index in [0.29, 0.717) is 5.75 Å². The van der Waals surface area contributed by atoms with Gasteiger partial charge in [0.25, 0.3) is 0 Å². The van der Waals surface area contributed by atoms with Gasteiger partial charge < -0.3 is 15.2 Å². The van der Waals surface area contributed by atoms with Crippen LogP contribution >= 0.6 is 11.8 Å². The highest BCUT2D eigenvalue weighted by atomic mass is 32.2. The number of hydrogen-bond acceptors (Lipinski definition) is 4. The molecule has 0 unspecified atom stereocenters. The van der Waals surface area contributed by atoms with E-state index in [4.69, 9.17) is 5.11 Å². The van der Waals surface area contributed by atoms with Crippen LogP contribution in [0.4, 0.5) is 0 Å². The summed E-state index contributed by atoms with van der Waals surface area (Å²) < 4.78 is 0. The first-order chi connectivity index (χ1) is 7.29. The van der Waals surface area contributed by atoms with Crippen molar-refractivity contribution < 1.29 is 10.2 Å². The highest BCUT2D eigenvalue weighted by molar-refractivity contribution is 7.99. The zero-order chi connectivity index (χ0) is 10.7. The number of aliphatic hydroxyl groups is 2. The van der Waals surface area contributed by atoms with Crippen molar-refractivity contribution in [3.8, 4) is 0 Å². The molecule has 0 saturated heterocycles. The third-order valence-corrected chi connectivity index (χ3v) is 3.01. The van der Waals surface area contributed by atoms with Crippen LogP contribution < -0.4 is 0 Å². The molecule has 1 atom stereocenters. The Morgan fingerprint density at radius 1 is 1.40 bits per heavy atom. The molecule has 0 fully saturated rings. The minimum Gasteiger partial charge on any atom is -0.394 e. The molecule has 5 heteroatoms. The molecular formula is C10H12N2O2S. The van der Waals surface area contributed by atoms with Gasteiger partial charge in [0.05, 0.1) is 23.7 Å². The molecule has 0 radical (unpaired) electrons. The molecule has 0 amide bonds. The van der Waals surface area contributed by atoms with Gasteiger partial charge >= 0.3 is 0 Å². The number of rotatable bonds is 4. The smallest absolute Gasteiger partial charge is 0.166 e. The van der Waals surface area contributed by atoms with Crippen molar-refractivity contribution in [2.24, 2.45) is 0 Å². The maximum atomic E-state index is 9.18. The normalized spacial score (nSPS) is 13.2. The summed E-state index contributed by atoms with van der Waals surface area (Å²) in [5.41, 5.74) is 1.90. The van der Waals surface area contributed by atoms with Crippen molar-refractivity contribution in [2.45, 2.75) is 11.3 Å². The quantitative estimate of drug-likeness (QED) is 0.678. The number of aromatic amines is 1. The number of benzene rings is 1. The van der Waals surface area contributed by atoms with E-state index in [9.17, 15) is 5.11 Å². The molecule has 1 heterocycles. The largest absolute Gasteiger partial charge is 0.394 e. The predicted molar refractivity (Wildman–Crippen MR) is 59.9 cm³/mol. The Balaban J connectivity index is 2.09. The van der Waals surface area contributed by atoms with Crippen molar-refractivity contribution in [3.63, 3.8) is 0 Å². The van der Waals surface area contributed by atoms with Crippen LogP contribution in [0.2, 0.25) is 0 Å². The van der Waals surface area contributed by atoms with E-state index in [1.54, 1.807) is 0 Å². The van der Waals surface area contributed by atoms with Crippen LogP contribution in [-0.2, 0) is 0 Å². The fourth-order valence-electron chi connectivity index (χ4n) is 1.23. The molecule has 1 aromatic heterocycles. The lowest BCUT2D eigenvalue weighted by molar-refractivity contribution is 0.113. The number of imidazole rings is 1. The molecule has 4 nitrogen and oxygen atoms in total. The molecule has 0 aliphatic carbocycles. The summed E-state index contributed by atoms with van der Waals surface area (Å²) >= 11 is 1.40. The van der Waals surface area contributed by atoms with Gasteiger partial charge in [-0.2, -0.15) is 0 Å². The molecule has 0 saturated carbocycles. The Hall–Kier alpha value is -1.04. The Kier molecular flexibility index (Phi) is 3.25. The van der Waals surface area contributed by atoms with Gasteiger partial charge in [0.2, 0.25) is 0 Å². The van der Waals surface area contributed by atoms with Crippen molar-refractivity contribution >= 4 is 22.8 Å². The summed E-state index contributed by atoms with van der Waals surface area (Å²) in [5.74, 6) is 0.441. The molecule has 1 aromatic carbocycles. The fraction of sp³-hybridized carbons (Fsp3) is 0.300. The molecule has 15 heavy (non-hydrogen) atoms.